The molecule has 2 aromatic heterocycles. The van der Waals surface area contributed by atoms with Crippen LogP contribution in [0.5, 0.6) is 0 Å². The summed E-state index contributed by atoms with van der Waals surface area (Å²) in [6.45, 7) is 1.01. The number of aryl methyl sites for hydroxylation is 1. The lowest BCUT2D eigenvalue weighted by atomic mass is 10.0. The monoisotopic (exact) mass is 496 g/mol. The molecule has 1 aliphatic rings. The third-order valence-electron chi connectivity index (χ3n) is 6.66. The second-order valence-electron chi connectivity index (χ2n) is 8.86. The number of methoxy groups -OCH3 is 1. The van der Waals surface area contributed by atoms with Gasteiger partial charge in [-0.2, -0.15) is 0 Å². The van der Waals surface area contributed by atoms with Gasteiger partial charge in [0.15, 0.2) is 10.9 Å². The average Bonchev–Trinajstić information content (AvgIpc) is 3.50. The number of rotatable bonds is 8. The zero-order valence-corrected chi connectivity index (χ0v) is 20.6. The molecule has 1 aliphatic carbocycles. The lowest BCUT2D eigenvalue weighted by Gasteiger charge is -2.11. The molecular formula is C28H24N4O3S. The van der Waals surface area contributed by atoms with E-state index in [1.54, 1.807) is 11.7 Å². The smallest absolute Gasteiger partial charge is 0.262 e. The predicted molar refractivity (Wildman–Crippen MR) is 141 cm³/mol. The van der Waals surface area contributed by atoms with E-state index in [0.717, 1.165) is 17.5 Å². The second-order valence-corrected chi connectivity index (χ2v) is 9.80. The molecule has 0 aliphatic heterocycles. The number of hydrogen-bond acceptors (Lipinski definition) is 6. The molecule has 180 valence electrons. The molecular weight excluding hydrogens is 472 g/mol. The van der Waals surface area contributed by atoms with E-state index in [0.29, 0.717) is 41.5 Å². The van der Waals surface area contributed by atoms with Crippen LogP contribution in [0.15, 0.2) is 76.7 Å². The zero-order chi connectivity index (χ0) is 24.6. The van der Waals surface area contributed by atoms with E-state index in [4.69, 9.17) is 4.74 Å². The van der Waals surface area contributed by atoms with E-state index in [9.17, 15) is 9.59 Å². The van der Waals surface area contributed by atoms with E-state index in [-0.39, 0.29) is 17.1 Å². The lowest BCUT2D eigenvalue weighted by molar-refractivity contribution is 0.102. The summed E-state index contributed by atoms with van der Waals surface area (Å²) in [6, 6.07) is 21.8. The molecule has 3 aromatic carbocycles. The number of hydrogen-bond donors (Lipinski definition) is 0. The van der Waals surface area contributed by atoms with Gasteiger partial charge in [-0.15, -0.1) is 10.2 Å². The van der Waals surface area contributed by atoms with Crippen LogP contribution in [0.4, 0.5) is 0 Å². The number of carbonyl (C=O) groups excluding carboxylic acids is 1. The molecule has 0 bridgehead atoms. The summed E-state index contributed by atoms with van der Waals surface area (Å²) < 4.78 is 8.68. The first-order valence-corrected chi connectivity index (χ1v) is 12.9. The van der Waals surface area contributed by atoms with Gasteiger partial charge in [0.2, 0.25) is 5.78 Å². The number of nitrogens with zero attached hydrogens (tertiary/aromatic N) is 4. The van der Waals surface area contributed by atoms with E-state index < -0.39 is 0 Å². The normalized spacial score (nSPS) is 12.2. The summed E-state index contributed by atoms with van der Waals surface area (Å²) in [7, 11) is 1.64. The van der Waals surface area contributed by atoms with Crippen molar-refractivity contribution >= 4 is 34.2 Å². The Labute approximate surface area is 211 Å². The van der Waals surface area contributed by atoms with Gasteiger partial charge in [0, 0.05) is 25.8 Å². The number of para-hydroxylation sites is 1. The molecule has 2 heterocycles. The number of aromatic nitrogens is 4. The van der Waals surface area contributed by atoms with Crippen molar-refractivity contribution in [3.63, 3.8) is 0 Å². The van der Waals surface area contributed by atoms with Gasteiger partial charge in [-0.05, 0) is 53.3 Å². The van der Waals surface area contributed by atoms with Crippen molar-refractivity contribution in [2.75, 3.05) is 19.5 Å². The molecule has 0 radical (unpaired) electrons. The minimum atomic E-state index is -0.104. The number of Topliss-reactive ketones (excluding diaryl/α,β-unsaturated/α-hetero) is 1. The summed E-state index contributed by atoms with van der Waals surface area (Å²) in [5.74, 6) is 0.721. The number of ketones is 1. The first-order valence-electron chi connectivity index (χ1n) is 11.9. The average molecular weight is 497 g/mol. The fourth-order valence-electron chi connectivity index (χ4n) is 4.91. The Morgan fingerprint density at radius 1 is 1.00 bits per heavy atom. The number of thioether (sulfide) groups is 1. The molecule has 0 saturated heterocycles. The third-order valence-corrected chi connectivity index (χ3v) is 7.59. The molecule has 6 rings (SSSR count). The van der Waals surface area contributed by atoms with Gasteiger partial charge in [-0.25, -0.2) is 0 Å². The molecule has 0 fully saturated rings. The Morgan fingerprint density at radius 3 is 2.69 bits per heavy atom. The molecule has 0 N–H and O–H groups in total. The standard InChI is InChI=1S/C28H24N4O3S/c1-35-14-6-13-31-26(34)22-9-4-5-10-24(22)32-27(31)29-30-28(32)36-17-25(33)20-12-11-19-15-18-7-2-3-8-21(18)23(19)16-20/h2-5,7-12,16H,6,13-15,17H2,1H3. The van der Waals surface area contributed by atoms with Crippen LogP contribution in [-0.2, 0) is 17.7 Å². The van der Waals surface area contributed by atoms with Gasteiger partial charge in [0.25, 0.3) is 5.56 Å². The van der Waals surface area contributed by atoms with Crippen molar-refractivity contribution in [2.45, 2.75) is 24.5 Å². The zero-order valence-electron chi connectivity index (χ0n) is 19.8. The van der Waals surface area contributed by atoms with E-state index in [1.807, 2.05) is 46.9 Å². The Morgan fingerprint density at radius 2 is 1.81 bits per heavy atom. The van der Waals surface area contributed by atoms with E-state index in [1.165, 1.54) is 28.5 Å². The third kappa shape index (κ3) is 3.83. The number of carbonyl (C=O) groups is 1. The summed E-state index contributed by atoms with van der Waals surface area (Å²) in [5, 5.41) is 9.87. The van der Waals surface area contributed by atoms with Gasteiger partial charge < -0.3 is 4.74 Å². The van der Waals surface area contributed by atoms with Crippen molar-refractivity contribution in [2.24, 2.45) is 0 Å². The van der Waals surface area contributed by atoms with Gasteiger partial charge in [0.05, 0.1) is 16.7 Å². The Bertz CT molecular complexity index is 1690. The first-order chi connectivity index (χ1) is 17.7. The number of benzene rings is 3. The molecule has 0 saturated carbocycles. The van der Waals surface area contributed by atoms with Crippen LogP contribution in [0, 0.1) is 0 Å². The van der Waals surface area contributed by atoms with Crippen LogP contribution in [0.2, 0.25) is 0 Å². The molecule has 36 heavy (non-hydrogen) atoms. The molecule has 0 amide bonds. The maximum atomic E-state index is 13.2. The molecule has 0 atom stereocenters. The SMILES string of the molecule is COCCCn1c(=O)c2ccccc2n2c(SCC(=O)c3ccc4c(c3)-c3ccccc3C4)nnc12. The first kappa shape index (κ1) is 22.7. The van der Waals surface area contributed by atoms with Crippen molar-refractivity contribution in [3.05, 3.63) is 93.8 Å². The van der Waals surface area contributed by atoms with Crippen molar-refractivity contribution in [3.8, 4) is 11.1 Å². The summed E-state index contributed by atoms with van der Waals surface area (Å²) in [6.07, 6.45) is 1.58. The van der Waals surface area contributed by atoms with Crippen LogP contribution >= 0.6 is 11.8 Å². The van der Waals surface area contributed by atoms with Gasteiger partial charge >= 0.3 is 0 Å². The lowest BCUT2D eigenvalue weighted by Crippen LogP contribution is -2.24. The highest BCUT2D eigenvalue weighted by atomic mass is 32.2. The highest BCUT2D eigenvalue weighted by Crippen LogP contribution is 2.37. The van der Waals surface area contributed by atoms with Gasteiger partial charge in [0.1, 0.15) is 0 Å². The van der Waals surface area contributed by atoms with Crippen molar-refractivity contribution in [1.82, 2.24) is 19.2 Å². The maximum Gasteiger partial charge on any atom is 0.262 e. The maximum absolute atomic E-state index is 13.2. The largest absolute Gasteiger partial charge is 0.385 e. The summed E-state index contributed by atoms with van der Waals surface area (Å²) in [5.41, 5.74) is 6.21. The molecule has 7 nitrogen and oxygen atoms in total. The predicted octanol–water partition coefficient (Wildman–Crippen LogP) is 4.63. The molecule has 0 spiro atoms. The highest BCUT2D eigenvalue weighted by molar-refractivity contribution is 7.99. The Balaban J connectivity index is 1.32. The fraction of sp³-hybridized carbons (Fsp3) is 0.214. The molecule has 5 aromatic rings. The van der Waals surface area contributed by atoms with Crippen LogP contribution in [-0.4, -0.2) is 44.4 Å². The van der Waals surface area contributed by atoms with Crippen LogP contribution < -0.4 is 5.56 Å². The number of ether oxygens (including phenoxy) is 1. The van der Waals surface area contributed by atoms with Crippen LogP contribution in [0.3, 0.4) is 0 Å². The Kier molecular flexibility index (Phi) is 5.91. The Hall–Kier alpha value is -3.75. The second kappa shape index (κ2) is 9.37. The number of fused-ring (bicyclic) bond motifs is 6. The molecule has 8 heteroatoms. The van der Waals surface area contributed by atoms with Gasteiger partial charge in [-0.1, -0.05) is 60.3 Å². The summed E-state index contributed by atoms with van der Waals surface area (Å²) in [4.78, 5) is 26.4. The van der Waals surface area contributed by atoms with Crippen LogP contribution in [0.25, 0.3) is 27.8 Å². The quantitative estimate of drug-likeness (QED) is 0.174. The minimum Gasteiger partial charge on any atom is -0.385 e. The summed E-state index contributed by atoms with van der Waals surface area (Å²) >= 11 is 1.34. The van der Waals surface area contributed by atoms with Crippen molar-refractivity contribution < 1.29 is 9.53 Å². The van der Waals surface area contributed by atoms with Gasteiger partial charge in [-0.3, -0.25) is 18.6 Å². The fourth-order valence-corrected chi connectivity index (χ4v) is 5.74. The topological polar surface area (TPSA) is 78.5 Å². The minimum absolute atomic E-state index is 0.0293. The van der Waals surface area contributed by atoms with Crippen molar-refractivity contribution in [1.29, 1.82) is 0 Å². The molecule has 0 unspecified atom stereocenters. The van der Waals surface area contributed by atoms with E-state index in [2.05, 4.69) is 34.5 Å². The van der Waals surface area contributed by atoms with E-state index >= 15 is 0 Å². The van der Waals surface area contributed by atoms with Crippen LogP contribution in [0.1, 0.15) is 27.9 Å². The highest BCUT2D eigenvalue weighted by Gasteiger charge is 2.21.